The number of nitrogens with two attached hydrogens (primary N) is 2. The van der Waals surface area contributed by atoms with Crippen LogP contribution in [-0.2, 0) is 4.79 Å². The Morgan fingerprint density at radius 1 is 1.37 bits per heavy atom. The molecule has 1 amide bonds. The molecule has 0 aromatic heterocycles. The summed E-state index contributed by atoms with van der Waals surface area (Å²) in [4.78, 5) is 13.6. The molecule has 0 unspecified atom stereocenters. The first-order valence-corrected chi connectivity index (χ1v) is 6.80. The molecule has 4 nitrogen and oxygen atoms in total. The summed E-state index contributed by atoms with van der Waals surface area (Å²) in [6, 6.07) is 5.77. The normalized spacial score (nSPS) is 10.2. The van der Waals surface area contributed by atoms with Crippen LogP contribution in [0.25, 0.3) is 0 Å². The molecule has 0 aliphatic heterocycles. The molecule has 19 heavy (non-hydrogen) atoms. The Morgan fingerprint density at radius 3 is 2.53 bits per heavy atom. The third-order valence-corrected chi connectivity index (χ3v) is 3.19. The summed E-state index contributed by atoms with van der Waals surface area (Å²) in [5.74, 6) is -0.325. The number of nitrogens with zero attached hydrogens (tertiary/aromatic N) is 1. The number of rotatable bonds is 7. The van der Waals surface area contributed by atoms with Crippen LogP contribution < -0.4 is 16.4 Å². The lowest BCUT2D eigenvalue weighted by Crippen LogP contribution is -2.35. The summed E-state index contributed by atoms with van der Waals surface area (Å²) in [6.45, 7) is 5.14. The zero-order valence-electron chi connectivity index (χ0n) is 11.5. The molecular weight excluding hydrogens is 258 g/mol. The molecule has 0 bridgehead atoms. The van der Waals surface area contributed by atoms with Crippen molar-refractivity contribution in [2.45, 2.75) is 26.7 Å². The van der Waals surface area contributed by atoms with Gasteiger partial charge < -0.3 is 16.4 Å². The topological polar surface area (TPSA) is 72.3 Å². The van der Waals surface area contributed by atoms with Crippen LogP contribution >= 0.6 is 12.2 Å². The van der Waals surface area contributed by atoms with E-state index in [9.17, 15) is 4.79 Å². The Kier molecular flexibility index (Phi) is 5.76. The third kappa shape index (κ3) is 4.52. The van der Waals surface area contributed by atoms with Gasteiger partial charge in [-0.3, -0.25) is 4.79 Å². The van der Waals surface area contributed by atoms with Crippen molar-refractivity contribution < 1.29 is 4.79 Å². The Labute approximate surface area is 119 Å². The molecule has 0 saturated carbocycles. The molecular formula is C14H21N3OS. The predicted molar refractivity (Wildman–Crippen MR) is 83.4 cm³/mol. The molecule has 0 saturated heterocycles. The second-order valence-corrected chi connectivity index (χ2v) is 5.05. The van der Waals surface area contributed by atoms with Crippen molar-refractivity contribution in [3.05, 3.63) is 29.3 Å². The van der Waals surface area contributed by atoms with Gasteiger partial charge in [0.2, 0.25) is 5.91 Å². The van der Waals surface area contributed by atoms with E-state index >= 15 is 0 Å². The van der Waals surface area contributed by atoms with Gasteiger partial charge in [-0.05, 0) is 37.1 Å². The number of carbonyl (C=O) groups excluding carboxylic acids is 1. The molecule has 5 heteroatoms. The summed E-state index contributed by atoms with van der Waals surface area (Å²) in [5, 5.41) is 0. The number of primary amides is 1. The smallest absolute Gasteiger partial charge is 0.236 e. The zero-order valence-corrected chi connectivity index (χ0v) is 12.3. The highest BCUT2D eigenvalue weighted by atomic mass is 32.1. The molecule has 0 aliphatic carbocycles. The minimum absolute atomic E-state index is 0.229. The van der Waals surface area contributed by atoms with Crippen LogP contribution in [0, 0.1) is 6.92 Å². The van der Waals surface area contributed by atoms with Gasteiger partial charge in [0.25, 0.3) is 0 Å². The lowest BCUT2D eigenvalue weighted by Gasteiger charge is -2.25. The number of unbranched alkanes of at least 4 members (excludes halogenated alkanes) is 1. The van der Waals surface area contributed by atoms with E-state index in [1.807, 2.05) is 30.0 Å². The van der Waals surface area contributed by atoms with Gasteiger partial charge >= 0.3 is 0 Å². The van der Waals surface area contributed by atoms with Gasteiger partial charge in [-0.2, -0.15) is 0 Å². The minimum atomic E-state index is -0.325. The van der Waals surface area contributed by atoms with Crippen LogP contribution in [0.2, 0.25) is 0 Å². The lowest BCUT2D eigenvalue weighted by atomic mass is 10.1. The van der Waals surface area contributed by atoms with Crippen LogP contribution in [0.3, 0.4) is 0 Å². The van der Waals surface area contributed by atoms with E-state index in [2.05, 4.69) is 6.92 Å². The Hall–Kier alpha value is -1.62. The van der Waals surface area contributed by atoms with Crippen LogP contribution in [0.5, 0.6) is 0 Å². The van der Waals surface area contributed by atoms with Crippen molar-refractivity contribution in [2.75, 3.05) is 18.0 Å². The van der Waals surface area contributed by atoms with Crippen molar-refractivity contribution >= 4 is 28.8 Å². The third-order valence-electron chi connectivity index (χ3n) is 2.95. The Morgan fingerprint density at radius 2 is 2.05 bits per heavy atom. The van der Waals surface area contributed by atoms with Gasteiger partial charge in [0.15, 0.2) is 0 Å². The highest BCUT2D eigenvalue weighted by molar-refractivity contribution is 7.80. The second-order valence-electron chi connectivity index (χ2n) is 4.61. The summed E-state index contributed by atoms with van der Waals surface area (Å²) >= 11 is 4.96. The van der Waals surface area contributed by atoms with Crippen molar-refractivity contribution in [2.24, 2.45) is 11.5 Å². The van der Waals surface area contributed by atoms with Crippen LogP contribution in [-0.4, -0.2) is 24.0 Å². The van der Waals surface area contributed by atoms with Crippen LogP contribution in [0.15, 0.2) is 18.2 Å². The Balaban J connectivity index is 3.00. The number of anilines is 1. The number of benzene rings is 1. The fraction of sp³-hybridized carbons (Fsp3) is 0.429. The predicted octanol–water partition coefficient (Wildman–Crippen LogP) is 1.72. The maximum Gasteiger partial charge on any atom is 0.236 e. The molecule has 0 fully saturated rings. The van der Waals surface area contributed by atoms with Crippen molar-refractivity contribution in [3.63, 3.8) is 0 Å². The van der Waals surface area contributed by atoms with Crippen LogP contribution in [0.1, 0.15) is 30.9 Å². The molecule has 0 atom stereocenters. The van der Waals surface area contributed by atoms with Gasteiger partial charge in [0.05, 0.1) is 6.54 Å². The molecule has 1 rings (SSSR count). The zero-order chi connectivity index (χ0) is 14.4. The van der Waals surface area contributed by atoms with E-state index < -0.39 is 0 Å². The van der Waals surface area contributed by atoms with E-state index in [1.54, 1.807) is 0 Å². The fourth-order valence-corrected chi connectivity index (χ4v) is 2.11. The summed E-state index contributed by atoms with van der Waals surface area (Å²) in [6.07, 6.45) is 2.09. The molecule has 1 aromatic rings. The molecule has 0 spiro atoms. The standard InChI is InChI=1S/C14H21N3OS/c1-3-4-7-17(9-13(15)18)12-6-5-11(14(16)19)8-10(12)2/h5-6,8H,3-4,7,9H2,1-2H3,(H2,15,18)(H2,16,19). The van der Waals surface area contributed by atoms with Gasteiger partial charge in [-0.1, -0.05) is 25.6 Å². The molecule has 0 aliphatic rings. The van der Waals surface area contributed by atoms with Crippen molar-refractivity contribution in [3.8, 4) is 0 Å². The van der Waals surface area contributed by atoms with Crippen molar-refractivity contribution in [1.29, 1.82) is 0 Å². The van der Waals surface area contributed by atoms with Gasteiger partial charge in [0, 0.05) is 17.8 Å². The van der Waals surface area contributed by atoms with E-state index in [4.69, 9.17) is 23.7 Å². The van der Waals surface area contributed by atoms with E-state index in [1.165, 1.54) is 0 Å². The first-order valence-electron chi connectivity index (χ1n) is 6.39. The monoisotopic (exact) mass is 279 g/mol. The lowest BCUT2D eigenvalue weighted by molar-refractivity contribution is -0.116. The molecule has 0 radical (unpaired) electrons. The highest BCUT2D eigenvalue weighted by Gasteiger charge is 2.12. The first-order chi connectivity index (χ1) is 8.95. The molecule has 0 heterocycles. The number of carbonyl (C=O) groups is 1. The number of hydrogen-bond acceptors (Lipinski definition) is 3. The van der Waals surface area contributed by atoms with Gasteiger partial charge in [0.1, 0.15) is 4.99 Å². The largest absolute Gasteiger partial charge is 0.389 e. The van der Waals surface area contributed by atoms with Crippen LogP contribution in [0.4, 0.5) is 5.69 Å². The Bertz CT molecular complexity index is 474. The van der Waals surface area contributed by atoms with E-state index in [0.717, 1.165) is 36.2 Å². The summed E-state index contributed by atoms with van der Waals surface area (Å²) in [7, 11) is 0. The second kappa shape index (κ2) is 7.09. The average molecular weight is 279 g/mol. The average Bonchev–Trinajstić information content (AvgIpc) is 2.34. The number of amides is 1. The minimum Gasteiger partial charge on any atom is -0.389 e. The number of thiocarbonyl (C=S) groups is 1. The quantitative estimate of drug-likeness (QED) is 0.745. The maximum atomic E-state index is 11.2. The number of hydrogen-bond donors (Lipinski definition) is 2. The molecule has 1 aromatic carbocycles. The summed E-state index contributed by atoms with van der Waals surface area (Å²) in [5.41, 5.74) is 13.8. The highest BCUT2D eigenvalue weighted by Crippen LogP contribution is 2.21. The number of aryl methyl sites for hydroxylation is 1. The first kappa shape index (κ1) is 15.4. The maximum absolute atomic E-state index is 11.2. The molecule has 4 N–H and O–H groups in total. The fourth-order valence-electron chi connectivity index (χ4n) is 1.99. The molecule has 104 valence electrons. The summed E-state index contributed by atoms with van der Waals surface area (Å²) < 4.78 is 0. The van der Waals surface area contributed by atoms with Gasteiger partial charge in [-0.25, -0.2) is 0 Å². The van der Waals surface area contributed by atoms with E-state index in [0.29, 0.717) is 4.99 Å². The van der Waals surface area contributed by atoms with E-state index in [-0.39, 0.29) is 12.5 Å². The van der Waals surface area contributed by atoms with Gasteiger partial charge in [-0.15, -0.1) is 0 Å². The van der Waals surface area contributed by atoms with Crippen molar-refractivity contribution in [1.82, 2.24) is 0 Å². The SMILES string of the molecule is CCCCN(CC(N)=O)c1ccc(C(N)=S)cc1C.